The zero-order valence-corrected chi connectivity index (χ0v) is 16.8. The minimum atomic E-state index is -0.0496. The number of amides is 2. The first-order valence-corrected chi connectivity index (χ1v) is 10.7. The molecule has 2 amide bonds. The van der Waals surface area contributed by atoms with E-state index >= 15 is 0 Å². The van der Waals surface area contributed by atoms with Crippen LogP contribution in [0.2, 0.25) is 0 Å². The van der Waals surface area contributed by atoms with Crippen LogP contribution in [0, 0.1) is 6.92 Å². The maximum absolute atomic E-state index is 13.3. The van der Waals surface area contributed by atoms with Crippen molar-refractivity contribution in [3.63, 3.8) is 0 Å². The molecule has 1 saturated carbocycles. The fraction of sp³-hybridized carbons (Fsp3) is 0.455. The molecule has 1 aliphatic carbocycles. The highest BCUT2D eigenvalue weighted by Gasteiger charge is 2.37. The van der Waals surface area contributed by atoms with E-state index in [1.54, 1.807) is 16.2 Å². The highest BCUT2D eigenvalue weighted by atomic mass is 32.1. The lowest BCUT2D eigenvalue weighted by Crippen LogP contribution is -2.47. The molecule has 1 atom stereocenters. The third-order valence-electron chi connectivity index (χ3n) is 5.69. The van der Waals surface area contributed by atoms with E-state index in [-0.39, 0.29) is 30.4 Å². The van der Waals surface area contributed by atoms with Gasteiger partial charge >= 0.3 is 0 Å². The van der Waals surface area contributed by atoms with Gasteiger partial charge in [0.25, 0.3) is 0 Å². The van der Waals surface area contributed by atoms with Gasteiger partial charge in [-0.1, -0.05) is 31.2 Å². The molecule has 4 rings (SSSR count). The fourth-order valence-electron chi connectivity index (χ4n) is 4.06. The van der Waals surface area contributed by atoms with Gasteiger partial charge in [0.1, 0.15) is 6.54 Å². The first kappa shape index (κ1) is 18.2. The van der Waals surface area contributed by atoms with Crippen LogP contribution < -0.4 is 0 Å². The summed E-state index contributed by atoms with van der Waals surface area (Å²) in [6.45, 7) is 4.90. The predicted octanol–water partition coefficient (Wildman–Crippen LogP) is 3.93. The highest BCUT2D eigenvalue weighted by Crippen LogP contribution is 2.39. The van der Waals surface area contributed by atoms with E-state index in [1.165, 1.54) is 21.6 Å². The smallest absolute Gasteiger partial charge is 0.243 e. The fourth-order valence-corrected chi connectivity index (χ4v) is 4.96. The molecule has 0 N–H and O–H groups in total. The maximum atomic E-state index is 13.3. The lowest BCUT2D eigenvalue weighted by atomic mass is 9.90. The summed E-state index contributed by atoms with van der Waals surface area (Å²) in [4.78, 5) is 30.8. The first-order chi connectivity index (χ1) is 13.1. The third kappa shape index (κ3) is 3.53. The monoisotopic (exact) mass is 382 g/mol. The molecule has 2 aliphatic rings. The lowest BCUT2D eigenvalue weighted by molar-refractivity contribution is -0.142. The molecule has 27 heavy (non-hydrogen) atoms. The van der Waals surface area contributed by atoms with Gasteiger partial charge in [0.05, 0.1) is 6.04 Å². The number of nitrogens with zero attached hydrogens (tertiary/aromatic N) is 2. The maximum Gasteiger partial charge on any atom is 0.243 e. The van der Waals surface area contributed by atoms with Gasteiger partial charge in [0.2, 0.25) is 11.8 Å². The van der Waals surface area contributed by atoms with Crippen molar-refractivity contribution in [2.24, 2.45) is 0 Å². The van der Waals surface area contributed by atoms with Crippen LogP contribution in [0.1, 0.15) is 53.8 Å². The molecule has 1 aromatic heterocycles. The van der Waals surface area contributed by atoms with Crippen LogP contribution in [-0.4, -0.2) is 40.7 Å². The Morgan fingerprint density at radius 1 is 1.19 bits per heavy atom. The van der Waals surface area contributed by atoms with Gasteiger partial charge in [-0.25, -0.2) is 0 Å². The Bertz CT molecular complexity index is 856. The summed E-state index contributed by atoms with van der Waals surface area (Å²) in [5.41, 5.74) is 3.63. The minimum Gasteiger partial charge on any atom is -0.330 e. The summed E-state index contributed by atoms with van der Waals surface area (Å²) in [5, 5.41) is 2.13. The first-order valence-electron chi connectivity index (χ1n) is 9.81. The van der Waals surface area contributed by atoms with Gasteiger partial charge in [-0.05, 0) is 54.3 Å². The summed E-state index contributed by atoms with van der Waals surface area (Å²) in [5.74, 6) is 0.153. The second-order valence-corrected chi connectivity index (χ2v) is 8.50. The van der Waals surface area contributed by atoms with Crippen molar-refractivity contribution in [2.45, 2.75) is 51.6 Å². The standard InChI is InChI=1S/C22H26N2O2S/c1-3-20(25)24(16-8-9-16)14-21(26)23-12-10-19-18(11-13-27-19)22(23)17-7-5-4-6-15(17)2/h4-7,11,13,16,22H,3,8-10,12,14H2,1-2H3/t22-/m1/s1. The minimum absolute atomic E-state index is 0.0496. The van der Waals surface area contributed by atoms with Gasteiger partial charge in [-0.15, -0.1) is 11.3 Å². The molecule has 2 aromatic rings. The number of thiophene rings is 1. The SMILES string of the molecule is CCC(=O)N(CC(=O)N1CCc2sccc2[C@H]1c1ccccc1C)C1CC1. The van der Waals surface area contributed by atoms with Crippen molar-refractivity contribution in [1.82, 2.24) is 9.80 Å². The predicted molar refractivity (Wildman–Crippen MR) is 108 cm³/mol. The molecule has 0 spiro atoms. The largest absolute Gasteiger partial charge is 0.330 e. The molecule has 1 fully saturated rings. The summed E-state index contributed by atoms with van der Waals surface area (Å²) in [6, 6.07) is 10.7. The summed E-state index contributed by atoms with van der Waals surface area (Å²) < 4.78 is 0. The van der Waals surface area contributed by atoms with E-state index in [0.29, 0.717) is 13.0 Å². The van der Waals surface area contributed by atoms with E-state index in [1.807, 2.05) is 24.0 Å². The van der Waals surface area contributed by atoms with Crippen LogP contribution in [0.15, 0.2) is 35.7 Å². The molecule has 1 aromatic carbocycles. The summed E-state index contributed by atoms with van der Waals surface area (Å²) in [6.07, 6.45) is 3.40. The number of hydrogen-bond acceptors (Lipinski definition) is 3. The van der Waals surface area contributed by atoms with E-state index in [2.05, 4.69) is 30.5 Å². The van der Waals surface area contributed by atoms with Crippen molar-refractivity contribution < 1.29 is 9.59 Å². The number of fused-ring (bicyclic) bond motifs is 1. The van der Waals surface area contributed by atoms with Crippen molar-refractivity contribution >= 4 is 23.2 Å². The summed E-state index contributed by atoms with van der Waals surface area (Å²) >= 11 is 1.78. The lowest BCUT2D eigenvalue weighted by Gasteiger charge is -2.38. The van der Waals surface area contributed by atoms with E-state index in [0.717, 1.165) is 19.3 Å². The van der Waals surface area contributed by atoms with Crippen molar-refractivity contribution in [3.05, 3.63) is 57.3 Å². The Labute approximate surface area is 164 Å². The van der Waals surface area contributed by atoms with Crippen molar-refractivity contribution in [3.8, 4) is 0 Å². The van der Waals surface area contributed by atoms with Crippen LogP contribution in [0.25, 0.3) is 0 Å². The van der Waals surface area contributed by atoms with Crippen LogP contribution in [-0.2, 0) is 16.0 Å². The second kappa shape index (κ2) is 7.47. The second-order valence-electron chi connectivity index (χ2n) is 7.50. The average Bonchev–Trinajstić information content (AvgIpc) is 3.41. The zero-order valence-electron chi connectivity index (χ0n) is 16.0. The Kier molecular flexibility index (Phi) is 5.04. The van der Waals surface area contributed by atoms with Gasteiger partial charge in [0, 0.05) is 23.9 Å². The molecule has 0 bridgehead atoms. The normalized spacial score (nSPS) is 18.9. The van der Waals surface area contributed by atoms with Crippen LogP contribution in [0.4, 0.5) is 0 Å². The third-order valence-corrected chi connectivity index (χ3v) is 6.68. The summed E-state index contributed by atoms with van der Waals surface area (Å²) in [7, 11) is 0. The Morgan fingerprint density at radius 3 is 2.67 bits per heavy atom. The zero-order chi connectivity index (χ0) is 19.0. The van der Waals surface area contributed by atoms with E-state index in [4.69, 9.17) is 0 Å². The molecular formula is C22H26N2O2S. The van der Waals surface area contributed by atoms with Gasteiger partial charge < -0.3 is 9.80 Å². The van der Waals surface area contributed by atoms with Crippen LogP contribution >= 0.6 is 11.3 Å². The van der Waals surface area contributed by atoms with Crippen molar-refractivity contribution in [2.75, 3.05) is 13.1 Å². The molecule has 0 saturated heterocycles. The Hall–Kier alpha value is -2.14. The highest BCUT2D eigenvalue weighted by molar-refractivity contribution is 7.10. The number of aryl methyl sites for hydroxylation is 1. The Morgan fingerprint density at radius 2 is 1.96 bits per heavy atom. The van der Waals surface area contributed by atoms with Crippen LogP contribution in [0.3, 0.4) is 0 Å². The number of carbonyl (C=O) groups excluding carboxylic acids is 2. The van der Waals surface area contributed by atoms with E-state index in [9.17, 15) is 9.59 Å². The number of benzene rings is 1. The number of rotatable bonds is 5. The molecule has 0 unspecified atom stereocenters. The molecule has 0 radical (unpaired) electrons. The molecule has 2 heterocycles. The van der Waals surface area contributed by atoms with Gasteiger partial charge in [-0.2, -0.15) is 0 Å². The Balaban J connectivity index is 1.65. The quantitative estimate of drug-likeness (QED) is 0.786. The molecule has 5 heteroatoms. The van der Waals surface area contributed by atoms with Crippen LogP contribution in [0.5, 0.6) is 0 Å². The molecular weight excluding hydrogens is 356 g/mol. The molecule has 4 nitrogen and oxygen atoms in total. The number of hydrogen-bond donors (Lipinski definition) is 0. The van der Waals surface area contributed by atoms with E-state index < -0.39 is 0 Å². The molecule has 1 aliphatic heterocycles. The molecule has 142 valence electrons. The van der Waals surface area contributed by atoms with Gasteiger partial charge in [0.15, 0.2) is 0 Å². The number of carbonyl (C=O) groups is 2. The van der Waals surface area contributed by atoms with Gasteiger partial charge in [-0.3, -0.25) is 9.59 Å². The average molecular weight is 383 g/mol. The van der Waals surface area contributed by atoms with Crippen molar-refractivity contribution in [1.29, 1.82) is 0 Å². The topological polar surface area (TPSA) is 40.6 Å².